The van der Waals surface area contributed by atoms with E-state index < -0.39 is 0 Å². The lowest BCUT2D eigenvalue weighted by molar-refractivity contribution is -0.158. The molecule has 0 aromatic rings. The van der Waals surface area contributed by atoms with Crippen molar-refractivity contribution in [2.45, 2.75) is 49.8 Å². The van der Waals surface area contributed by atoms with E-state index in [4.69, 9.17) is 0 Å². The monoisotopic (exact) mass is 282 g/mol. The van der Waals surface area contributed by atoms with E-state index >= 15 is 0 Å². The molecular formula is C14H22N2O2S. The van der Waals surface area contributed by atoms with Gasteiger partial charge < -0.3 is 9.80 Å². The molecule has 0 bridgehead atoms. The van der Waals surface area contributed by atoms with Crippen molar-refractivity contribution in [2.75, 3.05) is 25.4 Å². The van der Waals surface area contributed by atoms with Gasteiger partial charge in [0, 0.05) is 17.8 Å². The number of piperazine rings is 1. The third-order valence-electron chi connectivity index (χ3n) is 4.57. The predicted molar refractivity (Wildman–Crippen MR) is 76.0 cm³/mol. The van der Waals surface area contributed by atoms with Crippen molar-refractivity contribution in [3.05, 3.63) is 0 Å². The van der Waals surface area contributed by atoms with Crippen LogP contribution in [0, 0.1) is 0 Å². The normalized spacial score (nSPS) is 35.7. The Balaban J connectivity index is 1.72. The van der Waals surface area contributed by atoms with Crippen LogP contribution in [0.5, 0.6) is 0 Å². The molecule has 0 aromatic carbocycles. The SMILES string of the molecule is CC1(CN2CC(=O)N3CCCCC3C2=O)CCCS1. The Kier molecular flexibility index (Phi) is 3.50. The van der Waals surface area contributed by atoms with Gasteiger partial charge >= 0.3 is 0 Å². The highest BCUT2D eigenvalue weighted by Crippen LogP contribution is 2.39. The Morgan fingerprint density at radius 2 is 2.16 bits per heavy atom. The summed E-state index contributed by atoms with van der Waals surface area (Å²) in [5.74, 6) is 1.52. The first-order chi connectivity index (χ1) is 9.09. The number of nitrogens with zero attached hydrogens (tertiary/aromatic N) is 2. The van der Waals surface area contributed by atoms with Crippen molar-refractivity contribution in [1.82, 2.24) is 9.80 Å². The summed E-state index contributed by atoms with van der Waals surface area (Å²) in [5.41, 5.74) is 0. The molecule has 2 atom stereocenters. The molecule has 3 aliphatic heterocycles. The van der Waals surface area contributed by atoms with Crippen LogP contribution in [0.25, 0.3) is 0 Å². The standard InChI is InChI=1S/C14H22N2O2S/c1-14(6-4-8-19-14)10-15-9-12(17)16-7-3-2-5-11(16)13(15)18/h11H,2-10H2,1H3. The Hall–Kier alpha value is -0.710. The number of piperidine rings is 1. The molecule has 19 heavy (non-hydrogen) atoms. The highest BCUT2D eigenvalue weighted by molar-refractivity contribution is 8.00. The van der Waals surface area contributed by atoms with Gasteiger partial charge in [-0.25, -0.2) is 0 Å². The molecule has 0 aliphatic carbocycles. The Morgan fingerprint density at radius 3 is 2.89 bits per heavy atom. The fourth-order valence-corrected chi connectivity index (χ4v) is 4.85. The van der Waals surface area contributed by atoms with Crippen LogP contribution < -0.4 is 0 Å². The number of amides is 2. The number of thioether (sulfide) groups is 1. The second-order valence-corrected chi connectivity index (χ2v) is 7.88. The number of carbonyl (C=O) groups is 2. The highest BCUT2D eigenvalue weighted by atomic mass is 32.2. The lowest BCUT2D eigenvalue weighted by Gasteiger charge is -2.44. The van der Waals surface area contributed by atoms with Gasteiger partial charge in [0.1, 0.15) is 6.04 Å². The van der Waals surface area contributed by atoms with Crippen molar-refractivity contribution in [2.24, 2.45) is 0 Å². The lowest BCUT2D eigenvalue weighted by Crippen LogP contribution is -2.62. The van der Waals surface area contributed by atoms with Crippen molar-refractivity contribution >= 4 is 23.6 Å². The van der Waals surface area contributed by atoms with E-state index in [-0.39, 0.29) is 22.6 Å². The second kappa shape index (κ2) is 5.00. The quantitative estimate of drug-likeness (QED) is 0.770. The lowest BCUT2D eigenvalue weighted by atomic mass is 9.97. The van der Waals surface area contributed by atoms with Gasteiger partial charge in [0.15, 0.2) is 0 Å². The Morgan fingerprint density at radius 1 is 1.32 bits per heavy atom. The van der Waals surface area contributed by atoms with E-state index in [9.17, 15) is 9.59 Å². The van der Waals surface area contributed by atoms with Gasteiger partial charge in [-0.2, -0.15) is 11.8 Å². The molecule has 4 nitrogen and oxygen atoms in total. The molecule has 3 saturated heterocycles. The summed E-state index contributed by atoms with van der Waals surface area (Å²) in [6, 6.07) is -0.162. The van der Waals surface area contributed by atoms with E-state index in [1.165, 1.54) is 12.2 Å². The molecule has 0 N–H and O–H groups in total. The summed E-state index contributed by atoms with van der Waals surface area (Å²) in [6.07, 6.45) is 5.35. The highest BCUT2D eigenvalue weighted by Gasteiger charge is 2.43. The van der Waals surface area contributed by atoms with E-state index in [1.54, 1.807) is 0 Å². The zero-order valence-electron chi connectivity index (χ0n) is 11.6. The van der Waals surface area contributed by atoms with E-state index in [0.29, 0.717) is 6.54 Å². The van der Waals surface area contributed by atoms with Gasteiger partial charge in [0.25, 0.3) is 0 Å². The topological polar surface area (TPSA) is 40.6 Å². The minimum atomic E-state index is -0.162. The smallest absolute Gasteiger partial charge is 0.245 e. The zero-order valence-corrected chi connectivity index (χ0v) is 12.4. The van der Waals surface area contributed by atoms with E-state index in [1.807, 2.05) is 21.6 Å². The van der Waals surface area contributed by atoms with Crippen molar-refractivity contribution in [3.8, 4) is 0 Å². The first-order valence-electron chi connectivity index (χ1n) is 7.31. The number of hydrogen-bond acceptors (Lipinski definition) is 3. The zero-order chi connectivity index (χ0) is 13.5. The van der Waals surface area contributed by atoms with Gasteiger partial charge in [-0.15, -0.1) is 0 Å². The van der Waals surface area contributed by atoms with Crippen molar-refractivity contribution in [3.63, 3.8) is 0 Å². The molecular weight excluding hydrogens is 260 g/mol. The van der Waals surface area contributed by atoms with Gasteiger partial charge in [0.2, 0.25) is 11.8 Å². The average molecular weight is 282 g/mol. The van der Waals surface area contributed by atoms with Gasteiger partial charge in [-0.1, -0.05) is 0 Å². The molecule has 3 fully saturated rings. The third-order valence-corrected chi connectivity index (χ3v) is 6.09. The Bertz CT molecular complexity index is 393. The van der Waals surface area contributed by atoms with Crippen LogP contribution in [-0.4, -0.2) is 57.8 Å². The minimum Gasteiger partial charge on any atom is -0.330 e. The fourth-order valence-electron chi connectivity index (χ4n) is 3.53. The van der Waals surface area contributed by atoms with Crippen molar-refractivity contribution in [1.29, 1.82) is 0 Å². The predicted octanol–water partition coefficient (Wildman–Crippen LogP) is 1.50. The molecule has 3 rings (SSSR count). The number of hydrogen-bond donors (Lipinski definition) is 0. The van der Waals surface area contributed by atoms with Crippen LogP contribution in [0.3, 0.4) is 0 Å². The molecule has 5 heteroatoms. The van der Waals surface area contributed by atoms with Crippen LogP contribution in [0.1, 0.15) is 39.0 Å². The first-order valence-corrected chi connectivity index (χ1v) is 8.30. The molecule has 106 valence electrons. The maximum atomic E-state index is 12.6. The van der Waals surface area contributed by atoms with Crippen molar-refractivity contribution < 1.29 is 9.59 Å². The summed E-state index contributed by atoms with van der Waals surface area (Å²) < 4.78 is 0.160. The third kappa shape index (κ3) is 2.49. The van der Waals surface area contributed by atoms with Gasteiger partial charge in [-0.3, -0.25) is 9.59 Å². The van der Waals surface area contributed by atoms with Crippen LogP contribution in [0.15, 0.2) is 0 Å². The number of rotatable bonds is 2. The number of fused-ring (bicyclic) bond motifs is 1. The largest absolute Gasteiger partial charge is 0.330 e. The average Bonchev–Trinajstić information content (AvgIpc) is 2.82. The van der Waals surface area contributed by atoms with Gasteiger partial charge in [-0.05, 0) is 44.8 Å². The molecule has 3 aliphatic rings. The molecule has 0 saturated carbocycles. The molecule has 3 heterocycles. The second-order valence-electron chi connectivity index (χ2n) is 6.19. The fraction of sp³-hybridized carbons (Fsp3) is 0.857. The van der Waals surface area contributed by atoms with Crippen LogP contribution >= 0.6 is 11.8 Å². The molecule has 0 spiro atoms. The molecule has 2 amide bonds. The summed E-state index contributed by atoms with van der Waals surface area (Å²) in [5, 5.41) is 0. The maximum Gasteiger partial charge on any atom is 0.245 e. The first kappa shape index (κ1) is 13.3. The van der Waals surface area contributed by atoms with Gasteiger partial charge in [0.05, 0.1) is 6.54 Å². The summed E-state index contributed by atoms with van der Waals surface area (Å²) in [7, 11) is 0. The summed E-state index contributed by atoms with van der Waals surface area (Å²) in [6.45, 7) is 4.04. The van der Waals surface area contributed by atoms with Crippen LogP contribution in [0.2, 0.25) is 0 Å². The summed E-state index contributed by atoms with van der Waals surface area (Å²) in [4.78, 5) is 28.4. The number of carbonyl (C=O) groups excluding carboxylic acids is 2. The van der Waals surface area contributed by atoms with Crippen LogP contribution in [0.4, 0.5) is 0 Å². The Labute approximate surface area is 118 Å². The van der Waals surface area contributed by atoms with Crippen LogP contribution in [-0.2, 0) is 9.59 Å². The van der Waals surface area contributed by atoms with E-state index in [0.717, 1.165) is 38.8 Å². The maximum absolute atomic E-state index is 12.6. The molecule has 2 unspecified atom stereocenters. The molecule has 0 radical (unpaired) electrons. The van der Waals surface area contributed by atoms with E-state index in [2.05, 4.69) is 6.92 Å². The summed E-state index contributed by atoms with van der Waals surface area (Å²) >= 11 is 1.95. The minimum absolute atomic E-state index is 0.149. The molecule has 0 aromatic heterocycles.